The molecule has 0 aliphatic rings. The minimum Gasteiger partial charge on any atom is -0.324 e. The highest BCUT2D eigenvalue weighted by molar-refractivity contribution is 5.79. The van der Waals surface area contributed by atoms with Crippen LogP contribution in [-0.4, -0.2) is 17.0 Å². The Morgan fingerprint density at radius 3 is 2.40 bits per heavy atom. The number of benzene rings is 2. The minimum atomic E-state index is 0.873. The Labute approximate surface area is 119 Å². The third kappa shape index (κ3) is 2.05. The molecule has 0 fully saturated rings. The number of fused-ring (bicyclic) bond motifs is 1. The van der Waals surface area contributed by atoms with E-state index in [2.05, 4.69) is 54.8 Å². The maximum absolute atomic E-state index is 4.65. The van der Waals surface area contributed by atoms with E-state index < -0.39 is 0 Å². The van der Waals surface area contributed by atoms with Crippen LogP contribution in [0.1, 0.15) is 16.7 Å². The van der Waals surface area contributed by atoms with Crippen molar-refractivity contribution < 1.29 is 0 Å². The number of rotatable bonds is 2. The van der Waals surface area contributed by atoms with Crippen LogP contribution in [0.15, 0.2) is 36.4 Å². The van der Waals surface area contributed by atoms with E-state index in [0.717, 1.165) is 17.0 Å². The van der Waals surface area contributed by atoms with Crippen LogP contribution in [0.5, 0.6) is 0 Å². The second kappa shape index (κ2) is 4.67. The van der Waals surface area contributed by atoms with Gasteiger partial charge in [-0.25, -0.2) is 4.98 Å². The van der Waals surface area contributed by atoms with Crippen LogP contribution in [0.3, 0.4) is 0 Å². The van der Waals surface area contributed by atoms with Crippen molar-refractivity contribution in [3.63, 3.8) is 0 Å². The van der Waals surface area contributed by atoms with Gasteiger partial charge in [-0.2, -0.15) is 0 Å². The lowest BCUT2D eigenvalue weighted by atomic mass is 10.0. The van der Waals surface area contributed by atoms with Crippen molar-refractivity contribution in [2.45, 2.75) is 20.8 Å². The molecule has 3 rings (SSSR count). The van der Waals surface area contributed by atoms with Crippen LogP contribution < -0.4 is 4.90 Å². The van der Waals surface area contributed by atoms with Crippen molar-refractivity contribution in [3.8, 4) is 0 Å². The molecule has 0 bridgehead atoms. The first-order chi connectivity index (χ1) is 9.56. The summed E-state index contributed by atoms with van der Waals surface area (Å²) >= 11 is 0. The Morgan fingerprint density at radius 1 is 0.950 bits per heavy atom. The molecule has 1 aromatic heterocycles. The van der Waals surface area contributed by atoms with Gasteiger partial charge in [-0.3, -0.25) is 0 Å². The van der Waals surface area contributed by atoms with E-state index in [1.807, 2.05) is 24.3 Å². The lowest BCUT2D eigenvalue weighted by Crippen LogP contribution is -2.13. The van der Waals surface area contributed by atoms with E-state index in [0.29, 0.717) is 0 Å². The SMILES string of the molecule is Cc1cc(C)c(N(C)c2nc3ccccc3[nH]2)cc1C. The molecule has 2 aromatic carbocycles. The predicted octanol–water partition coefficient (Wildman–Crippen LogP) is 4.26. The number of nitrogens with zero attached hydrogens (tertiary/aromatic N) is 2. The zero-order valence-corrected chi connectivity index (χ0v) is 12.4. The van der Waals surface area contributed by atoms with Gasteiger partial charge >= 0.3 is 0 Å². The molecule has 1 N–H and O–H groups in total. The van der Waals surface area contributed by atoms with Gasteiger partial charge in [0.15, 0.2) is 0 Å². The molecule has 0 aliphatic heterocycles. The van der Waals surface area contributed by atoms with Gasteiger partial charge < -0.3 is 9.88 Å². The Bertz CT molecular complexity index is 738. The van der Waals surface area contributed by atoms with Gasteiger partial charge in [0.25, 0.3) is 0 Å². The zero-order chi connectivity index (χ0) is 14.3. The van der Waals surface area contributed by atoms with Crippen molar-refractivity contribution in [2.24, 2.45) is 0 Å². The Balaban J connectivity index is 2.07. The number of aromatic amines is 1. The first kappa shape index (κ1) is 12.7. The van der Waals surface area contributed by atoms with Gasteiger partial charge in [-0.05, 0) is 55.7 Å². The summed E-state index contributed by atoms with van der Waals surface area (Å²) in [6.45, 7) is 6.43. The highest BCUT2D eigenvalue weighted by Crippen LogP contribution is 2.28. The lowest BCUT2D eigenvalue weighted by molar-refractivity contribution is 1.09. The number of para-hydroxylation sites is 2. The second-order valence-electron chi connectivity index (χ2n) is 5.36. The number of nitrogens with one attached hydrogen (secondary N) is 1. The van der Waals surface area contributed by atoms with Gasteiger partial charge in [0.2, 0.25) is 5.95 Å². The number of imidazole rings is 1. The van der Waals surface area contributed by atoms with Crippen molar-refractivity contribution in [1.29, 1.82) is 0 Å². The molecule has 0 radical (unpaired) electrons. The fourth-order valence-corrected chi connectivity index (χ4v) is 2.52. The summed E-state index contributed by atoms with van der Waals surface area (Å²) in [5, 5.41) is 0. The molecule has 1 heterocycles. The van der Waals surface area contributed by atoms with Gasteiger partial charge in [0.05, 0.1) is 11.0 Å². The highest BCUT2D eigenvalue weighted by Gasteiger charge is 2.12. The van der Waals surface area contributed by atoms with E-state index in [1.165, 1.54) is 22.4 Å². The predicted molar refractivity (Wildman–Crippen MR) is 84.8 cm³/mol. The topological polar surface area (TPSA) is 31.9 Å². The highest BCUT2D eigenvalue weighted by atomic mass is 15.2. The number of H-pyrrole nitrogens is 1. The van der Waals surface area contributed by atoms with E-state index >= 15 is 0 Å². The number of hydrogen-bond donors (Lipinski definition) is 1. The van der Waals surface area contributed by atoms with E-state index in [4.69, 9.17) is 0 Å². The summed E-state index contributed by atoms with van der Waals surface area (Å²) in [5.41, 5.74) is 7.13. The largest absolute Gasteiger partial charge is 0.324 e. The monoisotopic (exact) mass is 265 g/mol. The fourth-order valence-electron chi connectivity index (χ4n) is 2.52. The van der Waals surface area contributed by atoms with Crippen LogP contribution in [0.4, 0.5) is 11.6 Å². The van der Waals surface area contributed by atoms with Crippen molar-refractivity contribution in [1.82, 2.24) is 9.97 Å². The van der Waals surface area contributed by atoms with E-state index in [9.17, 15) is 0 Å². The Hall–Kier alpha value is -2.29. The molecular formula is C17H19N3. The van der Waals surface area contributed by atoms with Crippen LogP contribution in [0.2, 0.25) is 0 Å². The third-order valence-corrected chi connectivity index (χ3v) is 3.87. The first-order valence-electron chi connectivity index (χ1n) is 6.82. The molecule has 0 aliphatic carbocycles. The molecule has 0 saturated carbocycles. The van der Waals surface area contributed by atoms with Crippen LogP contribution >= 0.6 is 0 Å². The van der Waals surface area contributed by atoms with Gasteiger partial charge in [-0.15, -0.1) is 0 Å². The molecule has 0 amide bonds. The average molecular weight is 265 g/mol. The maximum Gasteiger partial charge on any atom is 0.208 e. The fraction of sp³-hybridized carbons (Fsp3) is 0.235. The third-order valence-electron chi connectivity index (χ3n) is 3.87. The lowest BCUT2D eigenvalue weighted by Gasteiger charge is -2.20. The number of anilines is 2. The molecule has 3 aromatic rings. The molecule has 0 spiro atoms. The summed E-state index contributed by atoms with van der Waals surface area (Å²) in [5.74, 6) is 0.873. The first-order valence-corrected chi connectivity index (χ1v) is 6.82. The molecule has 102 valence electrons. The van der Waals surface area contributed by atoms with Crippen LogP contribution in [-0.2, 0) is 0 Å². The van der Waals surface area contributed by atoms with Crippen LogP contribution in [0.25, 0.3) is 11.0 Å². The zero-order valence-electron chi connectivity index (χ0n) is 12.4. The number of hydrogen-bond acceptors (Lipinski definition) is 2. The molecule has 0 atom stereocenters. The molecule has 0 saturated heterocycles. The van der Waals surface area contributed by atoms with Gasteiger partial charge in [0.1, 0.15) is 0 Å². The molecule has 20 heavy (non-hydrogen) atoms. The second-order valence-corrected chi connectivity index (χ2v) is 5.36. The standard InChI is InChI=1S/C17H19N3/c1-11-9-13(3)16(10-12(11)2)20(4)17-18-14-7-5-6-8-15(14)19-17/h5-10H,1-4H3,(H,18,19). The number of aryl methyl sites for hydroxylation is 3. The molecule has 3 heteroatoms. The number of aromatic nitrogens is 2. The van der Waals surface area contributed by atoms with Crippen molar-refractivity contribution in [2.75, 3.05) is 11.9 Å². The normalized spacial score (nSPS) is 11.0. The van der Waals surface area contributed by atoms with Gasteiger partial charge in [-0.1, -0.05) is 18.2 Å². The maximum atomic E-state index is 4.65. The Morgan fingerprint density at radius 2 is 1.65 bits per heavy atom. The van der Waals surface area contributed by atoms with Crippen molar-refractivity contribution >= 4 is 22.7 Å². The average Bonchev–Trinajstić information content (AvgIpc) is 2.86. The quantitative estimate of drug-likeness (QED) is 0.751. The van der Waals surface area contributed by atoms with Crippen LogP contribution in [0, 0.1) is 20.8 Å². The smallest absolute Gasteiger partial charge is 0.208 e. The van der Waals surface area contributed by atoms with Gasteiger partial charge in [0, 0.05) is 12.7 Å². The summed E-state index contributed by atoms with van der Waals surface area (Å²) in [4.78, 5) is 10.1. The molecule has 3 nitrogen and oxygen atoms in total. The Kier molecular flexibility index (Phi) is 2.97. The van der Waals surface area contributed by atoms with E-state index in [-0.39, 0.29) is 0 Å². The summed E-state index contributed by atoms with van der Waals surface area (Å²) in [6, 6.07) is 12.5. The van der Waals surface area contributed by atoms with Crippen molar-refractivity contribution in [3.05, 3.63) is 53.1 Å². The minimum absolute atomic E-state index is 0.873. The van der Waals surface area contributed by atoms with E-state index in [1.54, 1.807) is 0 Å². The molecule has 0 unspecified atom stereocenters. The molecular weight excluding hydrogens is 246 g/mol. The summed E-state index contributed by atoms with van der Waals surface area (Å²) < 4.78 is 0. The summed E-state index contributed by atoms with van der Waals surface area (Å²) in [6.07, 6.45) is 0. The summed E-state index contributed by atoms with van der Waals surface area (Å²) in [7, 11) is 2.05.